The normalized spacial score (nSPS) is 12.9. The van der Waals surface area contributed by atoms with Gasteiger partial charge in [-0.05, 0) is 12.8 Å². The maximum Gasteiger partial charge on any atom is 0.497 e. The Kier molecular flexibility index (Phi) is 3.76. The molecule has 0 heterocycles. The largest absolute Gasteiger partial charge is 0.497 e. The Bertz CT molecular complexity index is 240. The Morgan fingerprint density at radius 3 is 2.17 bits per heavy atom. The molecule has 0 radical (unpaired) electrons. The van der Waals surface area contributed by atoms with Gasteiger partial charge >= 0.3 is 5.51 Å². The molecule has 2 nitrogen and oxygen atoms in total. The number of allylic oxidation sites excluding steroid dienone is 1. The molecule has 6 heteroatoms. The molecule has 0 aliphatic rings. The lowest BCUT2D eigenvalue weighted by Crippen LogP contribution is -2.25. The van der Waals surface area contributed by atoms with Crippen LogP contribution in [0.1, 0.15) is 12.8 Å². The standard InChI is InChI=1S/C6H9F3O2S/c1-2-3-4-5-12(10,11)6(7,8)9/h2H,1,3-5H2. The summed E-state index contributed by atoms with van der Waals surface area (Å²) in [5.74, 6) is -0.859. The molecule has 0 amide bonds. The first-order valence-electron chi connectivity index (χ1n) is 3.21. The zero-order valence-corrected chi connectivity index (χ0v) is 7.08. The molecule has 0 bridgehead atoms. The van der Waals surface area contributed by atoms with Crippen LogP contribution >= 0.6 is 0 Å². The van der Waals surface area contributed by atoms with Gasteiger partial charge in [0.15, 0.2) is 0 Å². The van der Waals surface area contributed by atoms with E-state index in [1.165, 1.54) is 6.08 Å². The quantitative estimate of drug-likeness (QED) is 0.515. The van der Waals surface area contributed by atoms with Crippen molar-refractivity contribution in [3.05, 3.63) is 12.7 Å². The molecule has 72 valence electrons. The Balaban J connectivity index is 4.16. The van der Waals surface area contributed by atoms with Crippen LogP contribution in [0.25, 0.3) is 0 Å². The fourth-order valence-electron chi connectivity index (χ4n) is 0.533. The number of hydrogen-bond acceptors (Lipinski definition) is 2. The number of unbranched alkanes of at least 4 members (excludes halogenated alkanes) is 1. The smallest absolute Gasteiger partial charge is 0.220 e. The van der Waals surface area contributed by atoms with Crippen LogP contribution in [0, 0.1) is 0 Å². The molecular weight excluding hydrogens is 193 g/mol. The second-order valence-electron chi connectivity index (χ2n) is 2.20. The molecule has 0 N–H and O–H groups in total. The summed E-state index contributed by atoms with van der Waals surface area (Å²) >= 11 is 0. The Morgan fingerprint density at radius 2 is 1.83 bits per heavy atom. The molecule has 0 aromatic carbocycles. The van der Waals surface area contributed by atoms with Gasteiger partial charge in [-0.3, -0.25) is 0 Å². The van der Waals surface area contributed by atoms with Crippen molar-refractivity contribution >= 4 is 9.84 Å². The molecule has 0 saturated carbocycles. The van der Waals surface area contributed by atoms with Crippen LogP contribution in [-0.2, 0) is 9.84 Å². The van der Waals surface area contributed by atoms with Crippen molar-refractivity contribution in [2.75, 3.05) is 5.75 Å². The number of halogens is 3. The Morgan fingerprint density at radius 1 is 1.33 bits per heavy atom. The first-order chi connectivity index (χ1) is 5.31. The van der Waals surface area contributed by atoms with Crippen molar-refractivity contribution in [3.8, 4) is 0 Å². The van der Waals surface area contributed by atoms with Crippen molar-refractivity contribution in [3.63, 3.8) is 0 Å². The maximum atomic E-state index is 11.6. The van der Waals surface area contributed by atoms with Gasteiger partial charge in [-0.1, -0.05) is 6.08 Å². The monoisotopic (exact) mass is 202 g/mol. The molecule has 0 fully saturated rings. The zero-order valence-electron chi connectivity index (χ0n) is 6.26. The van der Waals surface area contributed by atoms with E-state index >= 15 is 0 Å². The third kappa shape index (κ3) is 3.25. The molecule has 0 aliphatic carbocycles. The fraction of sp³-hybridized carbons (Fsp3) is 0.667. The summed E-state index contributed by atoms with van der Waals surface area (Å²) in [5.41, 5.74) is -5.12. The van der Waals surface area contributed by atoms with E-state index in [4.69, 9.17) is 0 Å². The molecule has 0 aromatic rings. The lowest BCUT2D eigenvalue weighted by Gasteiger charge is -2.06. The van der Waals surface area contributed by atoms with Crippen molar-refractivity contribution in [2.45, 2.75) is 18.3 Å². The highest BCUT2D eigenvalue weighted by atomic mass is 32.2. The SMILES string of the molecule is C=CCCCS(=O)(=O)C(F)(F)F. The average Bonchev–Trinajstić information content (AvgIpc) is 1.85. The van der Waals surface area contributed by atoms with Crippen LogP contribution in [0.3, 0.4) is 0 Å². The number of alkyl halides is 3. The Labute approximate surface area is 69.0 Å². The highest BCUT2D eigenvalue weighted by molar-refractivity contribution is 7.92. The lowest BCUT2D eigenvalue weighted by atomic mass is 10.3. The van der Waals surface area contributed by atoms with Crippen molar-refractivity contribution in [2.24, 2.45) is 0 Å². The highest BCUT2D eigenvalue weighted by Crippen LogP contribution is 2.24. The molecule has 0 aromatic heterocycles. The fourth-order valence-corrected chi connectivity index (χ4v) is 1.31. The van der Waals surface area contributed by atoms with Crippen LogP contribution in [0.4, 0.5) is 13.2 Å². The average molecular weight is 202 g/mol. The summed E-state index contributed by atoms with van der Waals surface area (Å²) < 4.78 is 55.7. The summed E-state index contributed by atoms with van der Waals surface area (Å²) in [4.78, 5) is 0. The predicted molar refractivity (Wildman–Crippen MR) is 39.3 cm³/mol. The third-order valence-corrected chi connectivity index (χ3v) is 2.71. The van der Waals surface area contributed by atoms with Crippen LogP contribution in [0.2, 0.25) is 0 Å². The van der Waals surface area contributed by atoms with Crippen LogP contribution in [0.5, 0.6) is 0 Å². The Hall–Kier alpha value is -0.520. The van der Waals surface area contributed by atoms with Gasteiger partial charge in [-0.25, -0.2) is 8.42 Å². The van der Waals surface area contributed by atoms with Gasteiger partial charge in [0.05, 0.1) is 5.75 Å². The van der Waals surface area contributed by atoms with E-state index in [1.54, 1.807) is 0 Å². The topological polar surface area (TPSA) is 34.1 Å². The minimum absolute atomic E-state index is 0.0364. The van der Waals surface area contributed by atoms with Crippen LogP contribution in [-0.4, -0.2) is 19.7 Å². The number of sulfone groups is 1. The van der Waals surface area contributed by atoms with Gasteiger partial charge in [-0.15, -0.1) is 6.58 Å². The molecule has 12 heavy (non-hydrogen) atoms. The van der Waals surface area contributed by atoms with E-state index in [1.807, 2.05) is 0 Å². The minimum Gasteiger partial charge on any atom is -0.220 e. The molecule has 0 rings (SSSR count). The predicted octanol–water partition coefficient (Wildman–Crippen LogP) is 1.89. The summed E-state index contributed by atoms with van der Waals surface area (Å²) in [6.07, 6.45) is 1.62. The van der Waals surface area contributed by atoms with E-state index in [0.29, 0.717) is 0 Å². The molecule has 0 saturated heterocycles. The van der Waals surface area contributed by atoms with Crippen LogP contribution < -0.4 is 0 Å². The van der Waals surface area contributed by atoms with E-state index in [-0.39, 0.29) is 12.8 Å². The van der Waals surface area contributed by atoms with Crippen LogP contribution in [0.15, 0.2) is 12.7 Å². The number of rotatable bonds is 4. The molecule has 0 unspecified atom stereocenters. The van der Waals surface area contributed by atoms with E-state index in [2.05, 4.69) is 6.58 Å². The van der Waals surface area contributed by atoms with Gasteiger partial charge < -0.3 is 0 Å². The summed E-state index contributed by atoms with van der Waals surface area (Å²) in [5, 5.41) is 0. The van der Waals surface area contributed by atoms with E-state index in [0.717, 1.165) is 0 Å². The number of hydrogen-bond donors (Lipinski definition) is 0. The van der Waals surface area contributed by atoms with Crippen molar-refractivity contribution in [1.29, 1.82) is 0 Å². The van der Waals surface area contributed by atoms with E-state index in [9.17, 15) is 21.6 Å². The molecule has 0 spiro atoms. The second-order valence-corrected chi connectivity index (χ2v) is 4.30. The second kappa shape index (κ2) is 3.93. The van der Waals surface area contributed by atoms with Crippen molar-refractivity contribution < 1.29 is 21.6 Å². The third-order valence-electron chi connectivity index (χ3n) is 1.17. The summed E-state index contributed by atoms with van der Waals surface area (Å²) in [6.45, 7) is 3.27. The minimum atomic E-state index is -5.12. The molecule has 0 atom stereocenters. The summed E-state index contributed by atoms with van der Waals surface area (Å²) in [7, 11) is -4.92. The van der Waals surface area contributed by atoms with E-state index < -0.39 is 21.1 Å². The van der Waals surface area contributed by atoms with Gasteiger partial charge in [0.25, 0.3) is 0 Å². The first kappa shape index (κ1) is 11.5. The van der Waals surface area contributed by atoms with Gasteiger partial charge in [0, 0.05) is 0 Å². The summed E-state index contributed by atoms with van der Waals surface area (Å²) in [6, 6.07) is 0. The maximum absolute atomic E-state index is 11.6. The van der Waals surface area contributed by atoms with Gasteiger partial charge in [0.1, 0.15) is 0 Å². The molecular formula is C6H9F3O2S. The highest BCUT2D eigenvalue weighted by Gasteiger charge is 2.44. The van der Waals surface area contributed by atoms with Crippen molar-refractivity contribution in [1.82, 2.24) is 0 Å². The zero-order chi connectivity index (χ0) is 9.83. The lowest BCUT2D eigenvalue weighted by molar-refractivity contribution is -0.0435. The van der Waals surface area contributed by atoms with Gasteiger partial charge in [0.2, 0.25) is 9.84 Å². The molecule has 0 aliphatic heterocycles. The first-order valence-corrected chi connectivity index (χ1v) is 4.86. The van der Waals surface area contributed by atoms with Gasteiger partial charge in [-0.2, -0.15) is 13.2 Å².